The number of hydrogen-bond acceptors (Lipinski definition) is 3. The largest absolute Gasteiger partial charge is 0.480 e. The molecule has 4 heteroatoms. The van der Waals surface area contributed by atoms with Crippen molar-refractivity contribution in [2.24, 2.45) is 5.92 Å². The Kier molecular flexibility index (Phi) is 2.46. The van der Waals surface area contributed by atoms with Gasteiger partial charge in [0.25, 0.3) is 0 Å². The van der Waals surface area contributed by atoms with Crippen LogP contribution in [0.5, 0.6) is 0 Å². The van der Waals surface area contributed by atoms with Crippen LogP contribution in [0.1, 0.15) is 13.8 Å². The van der Waals surface area contributed by atoms with Crippen LogP contribution in [-0.2, 0) is 9.53 Å². The number of carboxylic acid groups (broad SMARTS) is 1. The Hall–Kier alpha value is -0.610. The maximum Gasteiger partial charge on any atom is 0.321 e. The highest BCUT2D eigenvalue weighted by molar-refractivity contribution is 5.74. The van der Waals surface area contributed by atoms with Gasteiger partial charge in [-0.25, -0.2) is 0 Å². The molecule has 3 atom stereocenters. The fourth-order valence-corrected chi connectivity index (χ4v) is 1.19. The van der Waals surface area contributed by atoms with Gasteiger partial charge in [0.05, 0.1) is 12.8 Å². The lowest BCUT2D eigenvalue weighted by molar-refractivity contribution is -0.147. The van der Waals surface area contributed by atoms with E-state index in [-0.39, 0.29) is 12.0 Å². The smallest absolute Gasteiger partial charge is 0.321 e. The molecule has 11 heavy (non-hydrogen) atoms. The number of ether oxygens (including phenoxy) is 1. The molecule has 3 unspecified atom stereocenters. The average molecular weight is 159 g/mol. The van der Waals surface area contributed by atoms with Gasteiger partial charge in [-0.05, 0) is 6.92 Å². The summed E-state index contributed by atoms with van der Waals surface area (Å²) in [5.41, 5.74) is 0. The van der Waals surface area contributed by atoms with Gasteiger partial charge in [0.1, 0.15) is 6.04 Å². The van der Waals surface area contributed by atoms with E-state index in [4.69, 9.17) is 9.84 Å². The summed E-state index contributed by atoms with van der Waals surface area (Å²) in [5, 5.41) is 11.5. The number of carbonyl (C=O) groups is 1. The first-order chi connectivity index (χ1) is 5.13. The van der Waals surface area contributed by atoms with E-state index in [1.165, 1.54) is 0 Å². The van der Waals surface area contributed by atoms with Crippen molar-refractivity contribution in [3.8, 4) is 0 Å². The van der Waals surface area contributed by atoms with Crippen molar-refractivity contribution in [2.75, 3.05) is 6.73 Å². The lowest BCUT2D eigenvalue weighted by Crippen LogP contribution is -2.52. The topological polar surface area (TPSA) is 58.6 Å². The Morgan fingerprint density at radius 1 is 1.64 bits per heavy atom. The van der Waals surface area contributed by atoms with E-state index in [0.717, 1.165) is 0 Å². The zero-order valence-electron chi connectivity index (χ0n) is 6.70. The molecule has 0 spiro atoms. The van der Waals surface area contributed by atoms with E-state index in [1.807, 2.05) is 13.8 Å². The van der Waals surface area contributed by atoms with Crippen LogP contribution in [0.2, 0.25) is 0 Å². The maximum absolute atomic E-state index is 10.6. The molecule has 1 aliphatic heterocycles. The first-order valence-corrected chi connectivity index (χ1v) is 3.70. The van der Waals surface area contributed by atoms with E-state index in [9.17, 15) is 4.79 Å². The fourth-order valence-electron chi connectivity index (χ4n) is 1.19. The first kappa shape index (κ1) is 8.49. The second-order valence-corrected chi connectivity index (χ2v) is 2.90. The molecule has 0 aromatic heterocycles. The standard InChI is InChI=1S/C7H13NO3/c1-4-5(2)11-3-8-6(4)7(9)10/h4-6,8H,3H2,1-2H3,(H,9,10). The third kappa shape index (κ3) is 1.70. The van der Waals surface area contributed by atoms with E-state index < -0.39 is 12.0 Å². The number of rotatable bonds is 1. The zero-order chi connectivity index (χ0) is 8.43. The number of hydrogen-bond donors (Lipinski definition) is 2. The van der Waals surface area contributed by atoms with Gasteiger partial charge in [0.15, 0.2) is 0 Å². The molecule has 0 radical (unpaired) electrons. The maximum atomic E-state index is 10.6. The number of nitrogens with one attached hydrogen (secondary N) is 1. The van der Waals surface area contributed by atoms with Crippen molar-refractivity contribution in [3.05, 3.63) is 0 Å². The molecule has 1 aliphatic rings. The Morgan fingerprint density at radius 3 is 2.73 bits per heavy atom. The van der Waals surface area contributed by atoms with Crippen molar-refractivity contribution >= 4 is 5.97 Å². The molecule has 0 aromatic rings. The SMILES string of the molecule is CC1OCNC(C(=O)O)C1C. The summed E-state index contributed by atoms with van der Waals surface area (Å²) in [6.07, 6.45) is 0.0253. The van der Waals surface area contributed by atoms with Crippen LogP contribution >= 0.6 is 0 Å². The zero-order valence-corrected chi connectivity index (χ0v) is 6.70. The van der Waals surface area contributed by atoms with Gasteiger partial charge in [-0.3, -0.25) is 10.1 Å². The van der Waals surface area contributed by atoms with Crippen LogP contribution in [0.25, 0.3) is 0 Å². The van der Waals surface area contributed by atoms with Crippen LogP contribution in [0.3, 0.4) is 0 Å². The van der Waals surface area contributed by atoms with E-state index >= 15 is 0 Å². The van der Waals surface area contributed by atoms with Crippen molar-refractivity contribution < 1.29 is 14.6 Å². The second kappa shape index (κ2) is 3.19. The second-order valence-electron chi connectivity index (χ2n) is 2.90. The molecule has 0 amide bonds. The summed E-state index contributed by atoms with van der Waals surface area (Å²) >= 11 is 0. The van der Waals surface area contributed by atoms with Crippen molar-refractivity contribution in [3.63, 3.8) is 0 Å². The van der Waals surface area contributed by atoms with E-state index in [0.29, 0.717) is 6.73 Å². The molecule has 0 saturated carbocycles. The van der Waals surface area contributed by atoms with Gasteiger partial charge in [-0.15, -0.1) is 0 Å². The van der Waals surface area contributed by atoms with Crippen LogP contribution in [0, 0.1) is 5.92 Å². The summed E-state index contributed by atoms with van der Waals surface area (Å²) in [6, 6.07) is -0.459. The van der Waals surface area contributed by atoms with Gasteiger partial charge in [-0.1, -0.05) is 6.92 Å². The monoisotopic (exact) mass is 159 g/mol. The third-order valence-corrected chi connectivity index (χ3v) is 2.18. The highest BCUT2D eigenvalue weighted by atomic mass is 16.5. The van der Waals surface area contributed by atoms with Crippen LogP contribution in [0.4, 0.5) is 0 Å². The highest BCUT2D eigenvalue weighted by Gasteiger charge is 2.32. The van der Waals surface area contributed by atoms with Crippen molar-refractivity contribution in [1.82, 2.24) is 5.32 Å². The lowest BCUT2D eigenvalue weighted by atomic mass is 9.96. The normalized spacial score (nSPS) is 38.5. The van der Waals surface area contributed by atoms with E-state index in [1.54, 1.807) is 0 Å². The molecule has 4 nitrogen and oxygen atoms in total. The molecule has 1 saturated heterocycles. The number of carboxylic acids is 1. The molecule has 64 valence electrons. The Morgan fingerprint density at radius 2 is 2.27 bits per heavy atom. The predicted molar refractivity (Wildman–Crippen MR) is 39.1 cm³/mol. The van der Waals surface area contributed by atoms with Crippen molar-refractivity contribution in [1.29, 1.82) is 0 Å². The third-order valence-electron chi connectivity index (χ3n) is 2.18. The van der Waals surface area contributed by atoms with Gasteiger partial charge < -0.3 is 9.84 Å². The van der Waals surface area contributed by atoms with Gasteiger partial charge in [0, 0.05) is 5.92 Å². The molecule has 1 heterocycles. The van der Waals surface area contributed by atoms with Crippen LogP contribution in [0.15, 0.2) is 0 Å². The van der Waals surface area contributed by atoms with Gasteiger partial charge in [-0.2, -0.15) is 0 Å². The minimum Gasteiger partial charge on any atom is -0.480 e. The molecular formula is C7H13NO3. The minimum absolute atomic E-state index is 0.0253. The first-order valence-electron chi connectivity index (χ1n) is 3.70. The summed E-state index contributed by atoms with van der Waals surface area (Å²) in [7, 11) is 0. The Labute approximate surface area is 65.5 Å². The molecule has 1 fully saturated rings. The highest BCUT2D eigenvalue weighted by Crippen LogP contribution is 2.15. The summed E-state index contributed by atoms with van der Waals surface area (Å²) < 4.78 is 5.20. The molecule has 0 aromatic carbocycles. The quantitative estimate of drug-likeness (QED) is 0.567. The predicted octanol–water partition coefficient (Wildman–Crippen LogP) is 0.0415. The van der Waals surface area contributed by atoms with Crippen molar-refractivity contribution in [2.45, 2.75) is 26.0 Å². The van der Waals surface area contributed by atoms with Crippen LogP contribution < -0.4 is 5.32 Å². The van der Waals surface area contributed by atoms with Gasteiger partial charge in [0.2, 0.25) is 0 Å². The van der Waals surface area contributed by atoms with Gasteiger partial charge >= 0.3 is 5.97 Å². The minimum atomic E-state index is -0.798. The fraction of sp³-hybridized carbons (Fsp3) is 0.857. The molecule has 1 rings (SSSR count). The van der Waals surface area contributed by atoms with E-state index in [2.05, 4.69) is 5.32 Å². The average Bonchev–Trinajstić information content (AvgIpc) is 1.94. The summed E-state index contributed by atoms with van der Waals surface area (Å²) in [5.74, 6) is -0.770. The Balaban J connectivity index is 2.58. The molecule has 0 bridgehead atoms. The Bertz CT molecular complexity index is 160. The molecule has 0 aliphatic carbocycles. The lowest BCUT2D eigenvalue weighted by Gasteiger charge is -2.32. The molecule has 2 N–H and O–H groups in total. The molecular weight excluding hydrogens is 146 g/mol. The number of aliphatic carboxylic acids is 1. The summed E-state index contributed by atoms with van der Waals surface area (Å²) in [4.78, 5) is 10.6. The van der Waals surface area contributed by atoms with Crippen LogP contribution in [-0.4, -0.2) is 30.0 Å². The summed E-state index contributed by atoms with van der Waals surface area (Å²) in [6.45, 7) is 4.10.